The first kappa shape index (κ1) is 21.0. The third kappa shape index (κ3) is 3.91. The molecule has 1 aromatic heterocycles. The van der Waals surface area contributed by atoms with Crippen LogP contribution in [0.2, 0.25) is 0 Å². The molecule has 2 heterocycles. The molecular formula is C26H24FN3O3. The van der Waals surface area contributed by atoms with Crippen LogP contribution in [0, 0.1) is 12.7 Å². The zero-order valence-corrected chi connectivity index (χ0v) is 18.5. The van der Waals surface area contributed by atoms with Crippen LogP contribution in [0.25, 0.3) is 16.7 Å². The van der Waals surface area contributed by atoms with Gasteiger partial charge in [0.2, 0.25) is 0 Å². The Balaban J connectivity index is 1.36. The maximum absolute atomic E-state index is 15.5. The van der Waals surface area contributed by atoms with Gasteiger partial charge in [0, 0.05) is 35.3 Å². The molecule has 0 spiro atoms. The number of esters is 1. The lowest BCUT2D eigenvalue weighted by molar-refractivity contribution is -0.141. The number of ether oxygens (including phenoxy) is 2. The van der Waals surface area contributed by atoms with Gasteiger partial charge >= 0.3 is 5.97 Å². The number of halogens is 1. The minimum atomic E-state index is -0.285. The average molecular weight is 445 g/mol. The number of aromatic nitrogens is 2. The van der Waals surface area contributed by atoms with Crippen LogP contribution in [0.5, 0.6) is 5.75 Å². The fraction of sp³-hybridized carbons (Fsp3) is 0.231. The number of methoxy groups -OCH3 is 1. The molecular weight excluding hydrogens is 421 g/mol. The van der Waals surface area contributed by atoms with E-state index in [4.69, 9.17) is 9.47 Å². The lowest BCUT2D eigenvalue weighted by Crippen LogP contribution is -2.09. The summed E-state index contributed by atoms with van der Waals surface area (Å²) in [5, 5.41) is 3.29. The minimum Gasteiger partial charge on any atom is -0.493 e. The third-order valence-corrected chi connectivity index (χ3v) is 6.04. The molecule has 0 saturated carbocycles. The van der Waals surface area contributed by atoms with E-state index in [9.17, 15) is 4.79 Å². The number of hydrogen-bond acceptors (Lipinski definition) is 5. The molecule has 1 atom stereocenters. The second kappa shape index (κ2) is 8.58. The molecule has 0 radical (unpaired) electrons. The van der Waals surface area contributed by atoms with E-state index in [1.807, 2.05) is 60.0 Å². The minimum absolute atomic E-state index is 0.0103. The van der Waals surface area contributed by atoms with Gasteiger partial charge in [-0.05, 0) is 31.2 Å². The van der Waals surface area contributed by atoms with Crippen molar-refractivity contribution < 1.29 is 18.7 Å². The standard InChI is InChI=1S/C26H24FN3O3/c1-16-29-21-7-3-4-8-22(21)30(16)23-9-5-6-17(26(23)27)14-28-19-10-11-20-18(12-25(31)32-2)15-33-24(20)13-19/h3-11,13,18,28H,12,14-15H2,1-2H3. The van der Waals surface area contributed by atoms with E-state index in [-0.39, 0.29) is 24.1 Å². The van der Waals surface area contributed by atoms with Gasteiger partial charge in [0.1, 0.15) is 11.6 Å². The number of anilines is 1. The SMILES string of the molecule is COC(=O)CC1COc2cc(NCc3cccc(-n4c(C)nc5ccccc54)c3F)ccc21. The molecule has 1 N–H and O–H groups in total. The normalized spacial score (nSPS) is 14.7. The summed E-state index contributed by atoms with van der Waals surface area (Å²) >= 11 is 0. The van der Waals surface area contributed by atoms with Crippen molar-refractivity contribution in [3.63, 3.8) is 0 Å². The second-order valence-corrected chi connectivity index (χ2v) is 8.13. The summed E-state index contributed by atoms with van der Waals surface area (Å²) < 4.78 is 27.9. The highest BCUT2D eigenvalue weighted by atomic mass is 19.1. The Morgan fingerprint density at radius 3 is 2.91 bits per heavy atom. The average Bonchev–Trinajstić information content (AvgIpc) is 3.38. The van der Waals surface area contributed by atoms with Crippen molar-refractivity contribution in [3.05, 3.63) is 83.4 Å². The van der Waals surface area contributed by atoms with Gasteiger partial charge in [-0.1, -0.05) is 30.3 Å². The summed E-state index contributed by atoms with van der Waals surface area (Å²) in [6, 6.07) is 18.9. The number of nitrogens with zero attached hydrogens (tertiary/aromatic N) is 2. The Morgan fingerprint density at radius 2 is 2.06 bits per heavy atom. The number of nitrogens with one attached hydrogen (secondary N) is 1. The summed E-state index contributed by atoms with van der Waals surface area (Å²) in [5.74, 6) is 0.923. The number of fused-ring (bicyclic) bond motifs is 2. The molecule has 168 valence electrons. The lowest BCUT2D eigenvalue weighted by Gasteiger charge is -2.13. The molecule has 1 aliphatic heterocycles. The smallest absolute Gasteiger partial charge is 0.306 e. The van der Waals surface area contributed by atoms with Crippen LogP contribution in [0.1, 0.15) is 29.3 Å². The van der Waals surface area contributed by atoms with Crippen LogP contribution >= 0.6 is 0 Å². The molecule has 33 heavy (non-hydrogen) atoms. The molecule has 0 fully saturated rings. The predicted octanol–water partition coefficient (Wildman–Crippen LogP) is 5.12. The highest BCUT2D eigenvalue weighted by molar-refractivity contribution is 5.78. The lowest BCUT2D eigenvalue weighted by atomic mass is 9.98. The number of imidazole rings is 1. The molecule has 5 rings (SSSR count). The van der Waals surface area contributed by atoms with Gasteiger partial charge in [0.25, 0.3) is 0 Å². The zero-order valence-electron chi connectivity index (χ0n) is 18.5. The number of aryl methyl sites for hydroxylation is 1. The van der Waals surface area contributed by atoms with Crippen LogP contribution < -0.4 is 10.1 Å². The van der Waals surface area contributed by atoms with Gasteiger partial charge in [-0.25, -0.2) is 9.37 Å². The fourth-order valence-electron chi connectivity index (χ4n) is 4.36. The van der Waals surface area contributed by atoms with E-state index in [1.54, 1.807) is 12.1 Å². The van der Waals surface area contributed by atoms with Gasteiger partial charge in [0.15, 0.2) is 5.82 Å². The third-order valence-electron chi connectivity index (χ3n) is 6.04. The fourth-order valence-corrected chi connectivity index (χ4v) is 4.36. The number of carbonyl (C=O) groups excluding carboxylic acids is 1. The largest absolute Gasteiger partial charge is 0.493 e. The van der Waals surface area contributed by atoms with Gasteiger partial charge in [-0.3, -0.25) is 9.36 Å². The second-order valence-electron chi connectivity index (χ2n) is 8.13. The first-order valence-electron chi connectivity index (χ1n) is 10.8. The van der Waals surface area contributed by atoms with E-state index >= 15 is 4.39 Å². The van der Waals surface area contributed by atoms with Crippen molar-refractivity contribution in [2.45, 2.75) is 25.8 Å². The maximum Gasteiger partial charge on any atom is 0.306 e. The van der Waals surface area contributed by atoms with E-state index in [2.05, 4.69) is 10.3 Å². The number of carbonyl (C=O) groups is 1. The van der Waals surface area contributed by atoms with Crippen LogP contribution in [0.4, 0.5) is 10.1 Å². The van der Waals surface area contributed by atoms with Crippen molar-refractivity contribution in [1.82, 2.24) is 9.55 Å². The molecule has 6 nitrogen and oxygen atoms in total. The Kier molecular flexibility index (Phi) is 5.46. The molecule has 0 amide bonds. The number of hydrogen-bond donors (Lipinski definition) is 1. The van der Waals surface area contributed by atoms with Crippen molar-refractivity contribution in [1.29, 1.82) is 0 Å². The van der Waals surface area contributed by atoms with E-state index in [1.165, 1.54) is 7.11 Å². The van der Waals surface area contributed by atoms with Gasteiger partial charge < -0.3 is 14.8 Å². The molecule has 1 aliphatic rings. The van der Waals surface area contributed by atoms with Gasteiger partial charge in [-0.15, -0.1) is 0 Å². The summed E-state index contributed by atoms with van der Waals surface area (Å²) in [4.78, 5) is 16.2. The molecule has 0 bridgehead atoms. The maximum atomic E-state index is 15.5. The number of para-hydroxylation sites is 2. The van der Waals surface area contributed by atoms with Crippen molar-refractivity contribution in [2.24, 2.45) is 0 Å². The Hall–Kier alpha value is -3.87. The molecule has 3 aromatic carbocycles. The summed E-state index contributed by atoms with van der Waals surface area (Å²) in [7, 11) is 1.39. The predicted molar refractivity (Wildman–Crippen MR) is 124 cm³/mol. The monoisotopic (exact) mass is 445 g/mol. The Morgan fingerprint density at radius 1 is 1.21 bits per heavy atom. The van der Waals surface area contributed by atoms with Gasteiger partial charge in [-0.2, -0.15) is 0 Å². The molecule has 4 aromatic rings. The molecule has 1 unspecified atom stereocenters. The number of benzene rings is 3. The first-order chi connectivity index (χ1) is 16.0. The van der Waals surface area contributed by atoms with Crippen LogP contribution in [-0.4, -0.2) is 29.2 Å². The Labute approximate surface area is 191 Å². The zero-order chi connectivity index (χ0) is 22.9. The Bertz CT molecular complexity index is 1350. The topological polar surface area (TPSA) is 65.4 Å². The van der Waals surface area contributed by atoms with Crippen LogP contribution in [0.3, 0.4) is 0 Å². The molecule has 0 aliphatic carbocycles. The summed E-state index contributed by atoms with van der Waals surface area (Å²) in [5.41, 5.74) is 4.54. The van der Waals surface area contributed by atoms with E-state index in [0.717, 1.165) is 33.9 Å². The molecule has 0 saturated heterocycles. The van der Waals surface area contributed by atoms with E-state index in [0.29, 0.717) is 24.4 Å². The highest BCUT2D eigenvalue weighted by Gasteiger charge is 2.27. The highest BCUT2D eigenvalue weighted by Crippen LogP contribution is 2.38. The van der Waals surface area contributed by atoms with Crippen LogP contribution in [0.15, 0.2) is 60.7 Å². The van der Waals surface area contributed by atoms with E-state index < -0.39 is 0 Å². The quantitative estimate of drug-likeness (QED) is 0.417. The van der Waals surface area contributed by atoms with Crippen LogP contribution in [-0.2, 0) is 16.1 Å². The van der Waals surface area contributed by atoms with Crippen molar-refractivity contribution >= 4 is 22.7 Å². The number of rotatable bonds is 6. The van der Waals surface area contributed by atoms with Gasteiger partial charge in [0.05, 0.1) is 36.9 Å². The summed E-state index contributed by atoms with van der Waals surface area (Å²) in [6.45, 7) is 2.64. The van der Waals surface area contributed by atoms with Crippen molar-refractivity contribution in [3.8, 4) is 11.4 Å². The summed E-state index contributed by atoms with van der Waals surface area (Å²) in [6.07, 6.45) is 0.288. The van der Waals surface area contributed by atoms with Crippen molar-refractivity contribution in [2.75, 3.05) is 19.0 Å². The molecule has 7 heteroatoms. The first-order valence-corrected chi connectivity index (χ1v) is 10.8.